The zero-order chi connectivity index (χ0) is 24.8. The van der Waals surface area contributed by atoms with Gasteiger partial charge in [0.2, 0.25) is 0 Å². The highest BCUT2D eigenvalue weighted by atomic mass is 32.1. The minimum absolute atomic E-state index is 1.21. The molecular formula is C35H20N2S. The summed E-state index contributed by atoms with van der Waals surface area (Å²) in [6, 6.07) is 39.8. The molecule has 0 saturated heterocycles. The van der Waals surface area contributed by atoms with Crippen molar-refractivity contribution < 1.29 is 0 Å². The average molecular weight is 501 g/mol. The van der Waals surface area contributed by atoms with Gasteiger partial charge in [0.05, 0.1) is 16.7 Å². The number of aromatic nitrogens is 2. The van der Waals surface area contributed by atoms with Crippen molar-refractivity contribution in [3.05, 3.63) is 122 Å². The molecule has 3 aromatic heterocycles. The maximum Gasteiger partial charge on any atom is 0.0640 e. The molecule has 0 amide bonds. The van der Waals surface area contributed by atoms with E-state index in [1.165, 1.54) is 80.0 Å². The molecule has 3 heterocycles. The first-order valence-electron chi connectivity index (χ1n) is 12.9. The number of pyridine rings is 1. The van der Waals surface area contributed by atoms with Crippen molar-refractivity contribution in [2.45, 2.75) is 0 Å². The fourth-order valence-electron chi connectivity index (χ4n) is 6.48. The van der Waals surface area contributed by atoms with Gasteiger partial charge in [-0.15, -0.1) is 11.3 Å². The van der Waals surface area contributed by atoms with Crippen LogP contribution in [0.15, 0.2) is 122 Å². The van der Waals surface area contributed by atoms with Crippen molar-refractivity contribution in [1.29, 1.82) is 0 Å². The molecule has 9 rings (SSSR count). The fraction of sp³-hybridized carbons (Fsp3) is 0. The maximum atomic E-state index is 4.55. The number of fused-ring (bicyclic) bond motifs is 13. The third kappa shape index (κ3) is 2.54. The Kier molecular flexibility index (Phi) is 3.96. The summed E-state index contributed by atoms with van der Waals surface area (Å²) in [4.78, 5) is 4.55. The second kappa shape index (κ2) is 7.41. The minimum atomic E-state index is 1.21. The van der Waals surface area contributed by atoms with E-state index in [9.17, 15) is 0 Å². The normalized spacial score (nSPS) is 12.2. The van der Waals surface area contributed by atoms with Crippen LogP contribution < -0.4 is 0 Å². The Balaban J connectivity index is 1.60. The molecule has 0 atom stereocenters. The van der Waals surface area contributed by atoms with E-state index < -0.39 is 0 Å². The van der Waals surface area contributed by atoms with Gasteiger partial charge in [0, 0.05) is 54.1 Å². The zero-order valence-corrected chi connectivity index (χ0v) is 21.2. The van der Waals surface area contributed by atoms with Gasteiger partial charge in [0.25, 0.3) is 0 Å². The first-order valence-corrected chi connectivity index (χ1v) is 13.7. The third-order valence-electron chi connectivity index (χ3n) is 8.05. The first kappa shape index (κ1) is 20.3. The monoisotopic (exact) mass is 500 g/mol. The molecule has 0 aliphatic heterocycles. The molecule has 0 bridgehead atoms. The Labute approximate surface area is 222 Å². The molecule has 3 heteroatoms. The molecule has 9 aromatic rings. The van der Waals surface area contributed by atoms with E-state index in [0.717, 1.165) is 0 Å². The Morgan fingerprint density at radius 1 is 0.526 bits per heavy atom. The van der Waals surface area contributed by atoms with Crippen LogP contribution in [0.4, 0.5) is 0 Å². The number of nitrogens with zero attached hydrogens (tertiary/aromatic N) is 2. The fourth-order valence-corrected chi connectivity index (χ4v) is 7.71. The Bertz CT molecular complexity index is 2410. The molecule has 0 unspecified atom stereocenters. The molecule has 0 aliphatic rings. The predicted octanol–water partition coefficient (Wildman–Crippen LogP) is 10.0. The molecule has 6 aromatic carbocycles. The predicted molar refractivity (Wildman–Crippen MR) is 164 cm³/mol. The largest absolute Gasteiger partial charge is 0.308 e. The van der Waals surface area contributed by atoms with Crippen LogP contribution in [0.2, 0.25) is 0 Å². The molecule has 38 heavy (non-hydrogen) atoms. The SMILES string of the molecule is c1ccc2c(c1)ccc1c(-n3c4ccccc4c4c5ccncc5c5sc6ccccc6c5c43)cccc12. The summed E-state index contributed by atoms with van der Waals surface area (Å²) in [5, 5.41) is 12.8. The van der Waals surface area contributed by atoms with Crippen LogP contribution >= 0.6 is 11.3 Å². The Morgan fingerprint density at radius 2 is 1.32 bits per heavy atom. The van der Waals surface area contributed by atoms with Gasteiger partial charge in [-0.3, -0.25) is 4.98 Å². The van der Waals surface area contributed by atoms with E-state index in [1.807, 2.05) is 23.7 Å². The van der Waals surface area contributed by atoms with Crippen molar-refractivity contribution in [1.82, 2.24) is 9.55 Å². The molecule has 2 nitrogen and oxygen atoms in total. The van der Waals surface area contributed by atoms with E-state index in [2.05, 4.69) is 119 Å². The molecule has 0 aliphatic carbocycles. The molecule has 0 radical (unpaired) electrons. The van der Waals surface area contributed by atoms with Crippen molar-refractivity contribution in [2.24, 2.45) is 0 Å². The highest BCUT2D eigenvalue weighted by molar-refractivity contribution is 7.27. The van der Waals surface area contributed by atoms with E-state index in [0.29, 0.717) is 0 Å². The Hall–Kier alpha value is -4.73. The second-order valence-electron chi connectivity index (χ2n) is 9.96. The van der Waals surface area contributed by atoms with Gasteiger partial charge < -0.3 is 4.57 Å². The second-order valence-corrected chi connectivity index (χ2v) is 11.0. The topological polar surface area (TPSA) is 17.8 Å². The van der Waals surface area contributed by atoms with Crippen molar-refractivity contribution >= 4 is 85.6 Å². The van der Waals surface area contributed by atoms with E-state index in [1.54, 1.807) is 0 Å². The molecule has 0 fully saturated rings. The number of hydrogen-bond donors (Lipinski definition) is 0. The summed E-state index contributed by atoms with van der Waals surface area (Å²) in [7, 11) is 0. The highest BCUT2D eigenvalue weighted by Crippen LogP contribution is 2.48. The van der Waals surface area contributed by atoms with Crippen molar-refractivity contribution in [3.8, 4) is 5.69 Å². The van der Waals surface area contributed by atoms with Gasteiger partial charge in [-0.1, -0.05) is 84.9 Å². The Morgan fingerprint density at radius 3 is 2.26 bits per heavy atom. The standard InChI is InChI=1S/C35H20N2S/c1-2-9-22-21(8-1)16-17-24-23(22)12-7-14-29(24)37-30-13-5-3-10-26(30)32-25-18-19-36-20-28(25)35-33(34(32)37)27-11-4-6-15-31(27)38-35/h1-20H. The van der Waals surface area contributed by atoms with Crippen molar-refractivity contribution in [3.63, 3.8) is 0 Å². The third-order valence-corrected chi connectivity index (χ3v) is 9.25. The van der Waals surface area contributed by atoms with E-state index in [-0.39, 0.29) is 0 Å². The van der Waals surface area contributed by atoms with E-state index >= 15 is 0 Å². The van der Waals surface area contributed by atoms with Crippen LogP contribution in [0.25, 0.3) is 80.0 Å². The van der Waals surface area contributed by atoms with Crippen molar-refractivity contribution in [2.75, 3.05) is 0 Å². The van der Waals surface area contributed by atoms with Gasteiger partial charge in [-0.25, -0.2) is 0 Å². The van der Waals surface area contributed by atoms with Crippen LogP contribution in [0.3, 0.4) is 0 Å². The molecule has 176 valence electrons. The van der Waals surface area contributed by atoms with E-state index in [4.69, 9.17) is 0 Å². The van der Waals surface area contributed by atoms with Crippen LogP contribution in [0, 0.1) is 0 Å². The van der Waals surface area contributed by atoms with Crippen LogP contribution in [0.5, 0.6) is 0 Å². The van der Waals surface area contributed by atoms with Gasteiger partial charge in [0.1, 0.15) is 0 Å². The maximum absolute atomic E-state index is 4.55. The number of rotatable bonds is 1. The summed E-state index contributed by atoms with van der Waals surface area (Å²) in [5.74, 6) is 0. The summed E-state index contributed by atoms with van der Waals surface area (Å²) in [6.07, 6.45) is 3.97. The number of hydrogen-bond acceptors (Lipinski definition) is 2. The summed E-state index contributed by atoms with van der Waals surface area (Å²) in [5.41, 5.74) is 3.71. The molecule has 0 saturated carbocycles. The number of benzene rings is 6. The average Bonchev–Trinajstić information content (AvgIpc) is 3.53. The molecular weight excluding hydrogens is 480 g/mol. The molecule has 0 N–H and O–H groups in total. The van der Waals surface area contributed by atoms with Gasteiger partial charge in [-0.05, 0) is 45.8 Å². The van der Waals surface area contributed by atoms with Gasteiger partial charge in [-0.2, -0.15) is 0 Å². The smallest absolute Gasteiger partial charge is 0.0640 e. The van der Waals surface area contributed by atoms with Gasteiger partial charge >= 0.3 is 0 Å². The van der Waals surface area contributed by atoms with Gasteiger partial charge in [0.15, 0.2) is 0 Å². The summed E-state index contributed by atoms with van der Waals surface area (Å²) in [6.45, 7) is 0. The lowest BCUT2D eigenvalue weighted by Gasteiger charge is -2.14. The molecule has 0 spiro atoms. The number of para-hydroxylation sites is 1. The highest BCUT2D eigenvalue weighted by Gasteiger charge is 2.22. The lowest BCUT2D eigenvalue weighted by molar-refractivity contribution is 1.21. The minimum Gasteiger partial charge on any atom is -0.308 e. The van der Waals surface area contributed by atoms with Crippen LogP contribution in [-0.2, 0) is 0 Å². The van der Waals surface area contributed by atoms with Crippen LogP contribution in [-0.4, -0.2) is 9.55 Å². The zero-order valence-electron chi connectivity index (χ0n) is 20.3. The first-order chi connectivity index (χ1) is 18.9. The quantitative estimate of drug-likeness (QED) is 0.205. The van der Waals surface area contributed by atoms with Crippen LogP contribution in [0.1, 0.15) is 0 Å². The summed E-state index contributed by atoms with van der Waals surface area (Å²) >= 11 is 1.87. The lowest BCUT2D eigenvalue weighted by atomic mass is 10.00. The summed E-state index contributed by atoms with van der Waals surface area (Å²) < 4.78 is 5.13. The lowest BCUT2D eigenvalue weighted by Crippen LogP contribution is -1.96. The number of thiophene rings is 1.